The lowest BCUT2D eigenvalue weighted by Crippen LogP contribution is -2.48. The highest BCUT2D eigenvalue weighted by Crippen LogP contribution is 2.38. The van der Waals surface area contributed by atoms with Crippen molar-refractivity contribution in [2.24, 2.45) is 0 Å². The highest BCUT2D eigenvalue weighted by molar-refractivity contribution is 5.86. The van der Waals surface area contributed by atoms with Crippen LogP contribution in [0.2, 0.25) is 0 Å². The Morgan fingerprint density at radius 1 is 0.971 bits per heavy atom. The van der Waals surface area contributed by atoms with Gasteiger partial charge < -0.3 is 9.64 Å². The maximum Gasteiger partial charge on any atom is 0.157 e. The molecule has 0 unspecified atom stereocenters. The third kappa shape index (κ3) is 3.57. The van der Waals surface area contributed by atoms with Crippen LogP contribution in [0, 0.1) is 18.3 Å². The first-order valence-electron chi connectivity index (χ1n) is 12.2. The number of hydrogen-bond donors (Lipinski definition) is 0. The Hall–Kier alpha value is -3.56. The summed E-state index contributed by atoms with van der Waals surface area (Å²) in [6.45, 7) is 7.64. The Balaban J connectivity index is 1.25. The summed E-state index contributed by atoms with van der Waals surface area (Å²) in [6.07, 6.45) is 3.12. The molecule has 0 saturated carbocycles. The van der Waals surface area contributed by atoms with Crippen LogP contribution >= 0.6 is 0 Å². The zero-order chi connectivity index (χ0) is 23.1. The van der Waals surface area contributed by atoms with Crippen molar-refractivity contribution in [3.05, 3.63) is 70.8 Å². The lowest BCUT2D eigenvalue weighted by molar-refractivity contribution is 0.200. The number of pyridine rings is 1. The molecule has 0 spiro atoms. The number of nitriles is 1. The van der Waals surface area contributed by atoms with Crippen molar-refractivity contribution in [1.82, 2.24) is 14.3 Å². The van der Waals surface area contributed by atoms with Crippen LogP contribution in [0.3, 0.4) is 0 Å². The molecule has 2 aromatic carbocycles. The summed E-state index contributed by atoms with van der Waals surface area (Å²) in [6, 6.07) is 19.0. The van der Waals surface area contributed by atoms with Crippen molar-refractivity contribution in [3.63, 3.8) is 0 Å². The van der Waals surface area contributed by atoms with Gasteiger partial charge in [0.1, 0.15) is 24.2 Å². The number of anilines is 1. The fourth-order valence-corrected chi connectivity index (χ4v) is 5.50. The number of hydrogen-bond acceptors (Lipinski definition) is 5. The number of fused-ring (bicyclic) bond motifs is 4. The van der Waals surface area contributed by atoms with Crippen LogP contribution in [0.25, 0.3) is 16.7 Å². The van der Waals surface area contributed by atoms with Gasteiger partial charge in [0.25, 0.3) is 0 Å². The van der Waals surface area contributed by atoms with Crippen LogP contribution in [-0.2, 0) is 12.8 Å². The normalized spacial score (nSPS) is 16.2. The van der Waals surface area contributed by atoms with Gasteiger partial charge in [-0.25, -0.2) is 4.98 Å². The van der Waals surface area contributed by atoms with E-state index in [-0.39, 0.29) is 0 Å². The smallest absolute Gasteiger partial charge is 0.157 e. The number of benzene rings is 2. The van der Waals surface area contributed by atoms with E-state index >= 15 is 0 Å². The molecule has 0 atom stereocenters. The van der Waals surface area contributed by atoms with Gasteiger partial charge in [-0.3, -0.25) is 9.30 Å². The summed E-state index contributed by atoms with van der Waals surface area (Å²) >= 11 is 0. The zero-order valence-corrected chi connectivity index (χ0v) is 19.6. The lowest BCUT2D eigenvalue weighted by Gasteiger charge is -2.37. The molecule has 6 nitrogen and oxygen atoms in total. The highest BCUT2D eigenvalue weighted by Gasteiger charge is 2.29. The Morgan fingerprint density at radius 2 is 1.74 bits per heavy atom. The van der Waals surface area contributed by atoms with Gasteiger partial charge in [0.05, 0.1) is 16.6 Å². The van der Waals surface area contributed by atoms with Gasteiger partial charge in [-0.05, 0) is 61.6 Å². The predicted molar refractivity (Wildman–Crippen MR) is 135 cm³/mol. The van der Waals surface area contributed by atoms with E-state index in [1.54, 1.807) is 0 Å². The van der Waals surface area contributed by atoms with E-state index in [9.17, 15) is 5.26 Å². The number of para-hydroxylation sites is 2. The van der Waals surface area contributed by atoms with E-state index in [1.165, 1.54) is 22.5 Å². The Kier molecular flexibility index (Phi) is 5.35. The van der Waals surface area contributed by atoms with Crippen LogP contribution in [0.1, 0.15) is 28.7 Å². The molecule has 6 heteroatoms. The second-order valence-electron chi connectivity index (χ2n) is 9.37. The summed E-state index contributed by atoms with van der Waals surface area (Å²) in [5.74, 6) is 2.19. The third-order valence-corrected chi connectivity index (χ3v) is 7.27. The second-order valence-corrected chi connectivity index (χ2v) is 9.37. The lowest BCUT2D eigenvalue weighted by atomic mass is 10.0. The average molecular weight is 452 g/mol. The molecule has 0 radical (unpaired) electrons. The van der Waals surface area contributed by atoms with Gasteiger partial charge in [-0.15, -0.1) is 0 Å². The fraction of sp³-hybridized carbons (Fsp3) is 0.357. The minimum atomic E-state index is 0.700. The SMILES string of the molecule is Cc1ccc(OCCN2CCN(c3c4c(c(C#N)c5nc6ccccc6n35)CCC4)CC2)cc1. The minimum Gasteiger partial charge on any atom is -0.492 e. The van der Waals surface area contributed by atoms with E-state index in [0.717, 1.165) is 80.0 Å². The predicted octanol–water partition coefficient (Wildman–Crippen LogP) is 4.36. The molecule has 3 heterocycles. The van der Waals surface area contributed by atoms with Crippen molar-refractivity contribution < 1.29 is 4.74 Å². The van der Waals surface area contributed by atoms with Crippen molar-refractivity contribution in [2.75, 3.05) is 44.2 Å². The average Bonchev–Trinajstić information content (AvgIpc) is 3.50. The van der Waals surface area contributed by atoms with Gasteiger partial charge in [0.2, 0.25) is 0 Å². The molecule has 4 aromatic rings. The van der Waals surface area contributed by atoms with Crippen molar-refractivity contribution in [1.29, 1.82) is 5.26 Å². The molecule has 2 aromatic heterocycles. The number of imidazole rings is 1. The van der Waals surface area contributed by atoms with Gasteiger partial charge in [0, 0.05) is 32.7 Å². The second kappa shape index (κ2) is 8.66. The van der Waals surface area contributed by atoms with E-state index in [4.69, 9.17) is 9.72 Å². The molecule has 0 bridgehead atoms. The summed E-state index contributed by atoms with van der Waals surface area (Å²) in [7, 11) is 0. The van der Waals surface area contributed by atoms with Crippen LogP contribution < -0.4 is 9.64 Å². The molecule has 0 amide bonds. The van der Waals surface area contributed by atoms with E-state index in [2.05, 4.69) is 51.5 Å². The Morgan fingerprint density at radius 3 is 2.53 bits per heavy atom. The van der Waals surface area contributed by atoms with Crippen molar-refractivity contribution >= 4 is 22.5 Å². The molecule has 2 aliphatic rings. The summed E-state index contributed by atoms with van der Waals surface area (Å²) in [5, 5.41) is 10.0. The first-order valence-corrected chi connectivity index (χ1v) is 12.2. The number of rotatable bonds is 5. The van der Waals surface area contributed by atoms with Gasteiger partial charge >= 0.3 is 0 Å². The largest absolute Gasteiger partial charge is 0.492 e. The molecule has 1 saturated heterocycles. The van der Waals surface area contributed by atoms with Crippen LogP contribution in [0.15, 0.2) is 48.5 Å². The molecule has 1 aliphatic heterocycles. The van der Waals surface area contributed by atoms with Crippen molar-refractivity contribution in [3.8, 4) is 11.8 Å². The molecule has 1 aliphatic carbocycles. The molecular weight excluding hydrogens is 422 g/mol. The maximum absolute atomic E-state index is 10.0. The monoisotopic (exact) mass is 451 g/mol. The summed E-state index contributed by atoms with van der Waals surface area (Å²) in [5.41, 5.74) is 7.44. The summed E-state index contributed by atoms with van der Waals surface area (Å²) in [4.78, 5) is 9.90. The van der Waals surface area contributed by atoms with Crippen LogP contribution in [-0.4, -0.2) is 53.6 Å². The molecule has 0 N–H and O–H groups in total. The molecule has 1 fully saturated rings. The quantitative estimate of drug-likeness (QED) is 0.451. The van der Waals surface area contributed by atoms with Crippen LogP contribution in [0.4, 0.5) is 5.82 Å². The molecule has 6 rings (SSSR count). The first kappa shape index (κ1) is 21.0. The number of nitrogens with zero attached hydrogens (tertiary/aromatic N) is 5. The number of piperazine rings is 1. The molecule has 34 heavy (non-hydrogen) atoms. The Labute approximate surface area is 200 Å². The third-order valence-electron chi connectivity index (χ3n) is 7.27. The Bertz CT molecular complexity index is 1390. The van der Waals surface area contributed by atoms with Gasteiger partial charge in [-0.1, -0.05) is 29.8 Å². The van der Waals surface area contributed by atoms with E-state index in [0.29, 0.717) is 6.61 Å². The number of aromatic nitrogens is 2. The van der Waals surface area contributed by atoms with E-state index in [1.807, 2.05) is 24.3 Å². The highest BCUT2D eigenvalue weighted by atomic mass is 16.5. The van der Waals surface area contributed by atoms with Crippen LogP contribution in [0.5, 0.6) is 5.75 Å². The molecule has 172 valence electrons. The first-order chi connectivity index (χ1) is 16.7. The number of ether oxygens (including phenoxy) is 1. The van der Waals surface area contributed by atoms with E-state index < -0.39 is 0 Å². The summed E-state index contributed by atoms with van der Waals surface area (Å²) < 4.78 is 8.22. The minimum absolute atomic E-state index is 0.700. The topological polar surface area (TPSA) is 56.8 Å². The standard InChI is InChI=1S/C28H29N5O/c1-20-9-11-21(12-10-20)34-18-17-31-13-15-32(16-14-31)28-23-6-4-5-22(23)24(19-29)27-30-25-7-2-3-8-26(25)33(27)28/h2-3,7-12H,4-6,13-18H2,1H3. The molecular formula is C28H29N5O. The zero-order valence-electron chi connectivity index (χ0n) is 19.6. The maximum atomic E-state index is 10.0. The number of aryl methyl sites for hydroxylation is 1. The fourth-order valence-electron chi connectivity index (χ4n) is 5.50. The van der Waals surface area contributed by atoms with Gasteiger partial charge in [-0.2, -0.15) is 5.26 Å². The van der Waals surface area contributed by atoms with Crippen molar-refractivity contribution in [2.45, 2.75) is 26.2 Å². The van der Waals surface area contributed by atoms with Gasteiger partial charge in [0.15, 0.2) is 5.65 Å².